The van der Waals surface area contributed by atoms with E-state index in [0.29, 0.717) is 27.0 Å². The summed E-state index contributed by atoms with van der Waals surface area (Å²) in [5.74, 6) is -1.35. The molecule has 1 aromatic carbocycles. The lowest BCUT2D eigenvalue weighted by atomic mass is 10.2. The summed E-state index contributed by atoms with van der Waals surface area (Å²) in [4.78, 5) is 26.5. The van der Waals surface area contributed by atoms with E-state index in [9.17, 15) is 9.59 Å². The van der Waals surface area contributed by atoms with E-state index in [0.717, 1.165) is 0 Å². The first-order valence-corrected chi connectivity index (χ1v) is 6.64. The molecule has 0 radical (unpaired) electrons. The minimum Gasteiger partial charge on any atom is -0.481 e. The van der Waals surface area contributed by atoms with Gasteiger partial charge in [0.2, 0.25) is 0 Å². The number of carboxylic acid groups (broad SMARTS) is 1. The third kappa shape index (κ3) is 4.44. The minimum atomic E-state index is -0.965. The number of halogens is 2. The molecule has 0 aliphatic heterocycles. The molecule has 108 valence electrons. The summed E-state index contributed by atoms with van der Waals surface area (Å²) in [7, 11) is 0. The summed E-state index contributed by atoms with van der Waals surface area (Å²) in [5.41, 5.74) is 1.18. The maximum Gasteiger partial charge on any atom is 0.309 e. The Hall–Kier alpha value is -2.11. The van der Waals surface area contributed by atoms with Crippen LogP contribution in [0.5, 0.6) is 0 Å². The van der Waals surface area contributed by atoms with Crippen molar-refractivity contribution in [1.82, 2.24) is 4.98 Å². The second-order valence-electron chi connectivity index (χ2n) is 4.22. The number of aliphatic carboxylic acids is 1. The molecule has 0 aliphatic carbocycles. The first-order valence-electron chi connectivity index (χ1n) is 5.88. The van der Waals surface area contributed by atoms with E-state index in [1.807, 2.05) is 0 Å². The van der Waals surface area contributed by atoms with Gasteiger partial charge in [-0.1, -0.05) is 23.2 Å². The number of hydrogen-bond donors (Lipinski definition) is 2. The molecule has 2 aromatic rings. The van der Waals surface area contributed by atoms with Gasteiger partial charge in [0, 0.05) is 15.6 Å². The zero-order valence-electron chi connectivity index (χ0n) is 10.6. The molecule has 0 atom stereocenters. The Labute approximate surface area is 130 Å². The molecule has 0 unspecified atom stereocenters. The second kappa shape index (κ2) is 6.56. The quantitative estimate of drug-likeness (QED) is 0.904. The highest BCUT2D eigenvalue weighted by molar-refractivity contribution is 6.35. The number of benzene rings is 1. The lowest BCUT2D eigenvalue weighted by Gasteiger charge is -2.06. The number of carboxylic acids is 1. The van der Waals surface area contributed by atoms with Gasteiger partial charge in [0.15, 0.2) is 0 Å². The van der Waals surface area contributed by atoms with Gasteiger partial charge in [-0.2, -0.15) is 0 Å². The van der Waals surface area contributed by atoms with Crippen molar-refractivity contribution < 1.29 is 14.7 Å². The van der Waals surface area contributed by atoms with Gasteiger partial charge in [-0.15, -0.1) is 0 Å². The van der Waals surface area contributed by atoms with Crippen LogP contribution in [-0.2, 0) is 11.2 Å². The second-order valence-corrected chi connectivity index (χ2v) is 5.09. The van der Waals surface area contributed by atoms with Crippen LogP contribution in [-0.4, -0.2) is 22.0 Å². The molecule has 0 saturated carbocycles. The highest BCUT2D eigenvalue weighted by Crippen LogP contribution is 2.20. The molecule has 7 heteroatoms. The molecule has 1 amide bonds. The lowest BCUT2D eigenvalue weighted by molar-refractivity contribution is -0.136. The molecule has 1 heterocycles. The van der Waals surface area contributed by atoms with Crippen molar-refractivity contribution >= 4 is 40.8 Å². The van der Waals surface area contributed by atoms with Gasteiger partial charge in [-0.25, -0.2) is 0 Å². The number of nitrogens with one attached hydrogen (secondary N) is 1. The molecular formula is C14H10Cl2N2O3. The van der Waals surface area contributed by atoms with Gasteiger partial charge in [0.25, 0.3) is 5.91 Å². The fourth-order valence-electron chi connectivity index (χ4n) is 1.65. The number of pyridine rings is 1. The zero-order valence-corrected chi connectivity index (χ0v) is 12.1. The van der Waals surface area contributed by atoms with Crippen LogP contribution in [0.4, 0.5) is 5.69 Å². The summed E-state index contributed by atoms with van der Waals surface area (Å²) >= 11 is 11.7. The molecule has 0 fully saturated rings. The molecule has 2 rings (SSSR count). The fourth-order valence-corrected chi connectivity index (χ4v) is 2.17. The third-order valence-corrected chi connectivity index (χ3v) is 2.98. The van der Waals surface area contributed by atoms with E-state index in [4.69, 9.17) is 28.3 Å². The Morgan fingerprint density at radius 1 is 1.14 bits per heavy atom. The Kier molecular flexibility index (Phi) is 4.77. The maximum atomic E-state index is 12.0. The number of anilines is 1. The van der Waals surface area contributed by atoms with Gasteiger partial charge in [0.1, 0.15) is 0 Å². The molecular weight excluding hydrogens is 315 g/mol. The molecule has 21 heavy (non-hydrogen) atoms. The van der Waals surface area contributed by atoms with Gasteiger partial charge < -0.3 is 10.4 Å². The van der Waals surface area contributed by atoms with Crippen LogP contribution in [0.25, 0.3) is 0 Å². The van der Waals surface area contributed by atoms with Crippen molar-refractivity contribution in [2.24, 2.45) is 0 Å². The topological polar surface area (TPSA) is 79.3 Å². The van der Waals surface area contributed by atoms with E-state index in [1.54, 1.807) is 6.07 Å². The van der Waals surface area contributed by atoms with Crippen LogP contribution in [0.2, 0.25) is 10.0 Å². The summed E-state index contributed by atoms with van der Waals surface area (Å²) in [6, 6.07) is 7.64. The summed E-state index contributed by atoms with van der Waals surface area (Å²) in [5, 5.41) is 12.0. The van der Waals surface area contributed by atoms with E-state index in [1.165, 1.54) is 30.5 Å². The minimum absolute atomic E-state index is 0.169. The average Bonchev–Trinajstić information content (AvgIpc) is 2.39. The van der Waals surface area contributed by atoms with Crippen molar-refractivity contribution in [2.75, 3.05) is 5.32 Å². The van der Waals surface area contributed by atoms with Gasteiger partial charge in [-0.05, 0) is 30.3 Å². The standard InChI is InChI=1S/C14H10Cl2N2O3/c15-9-3-8(4-10(16)5-9)14(21)18-12-2-1-11(17-7-12)6-13(19)20/h1-5,7H,6H2,(H,18,21)(H,19,20). The Bertz CT molecular complexity index is 667. The van der Waals surface area contributed by atoms with Crippen LogP contribution in [0.3, 0.4) is 0 Å². The van der Waals surface area contributed by atoms with E-state index >= 15 is 0 Å². The first-order chi connectivity index (χ1) is 9.94. The Morgan fingerprint density at radius 3 is 2.33 bits per heavy atom. The van der Waals surface area contributed by atoms with Crippen molar-refractivity contribution in [3.8, 4) is 0 Å². The molecule has 0 aliphatic rings. The maximum absolute atomic E-state index is 12.0. The van der Waals surface area contributed by atoms with Crippen molar-refractivity contribution in [1.29, 1.82) is 0 Å². The number of nitrogens with zero attached hydrogens (tertiary/aromatic N) is 1. The summed E-state index contributed by atoms with van der Waals surface area (Å²) in [6.07, 6.45) is 1.22. The molecule has 1 aromatic heterocycles. The lowest BCUT2D eigenvalue weighted by Crippen LogP contribution is -2.12. The van der Waals surface area contributed by atoms with Crippen LogP contribution in [0.1, 0.15) is 16.1 Å². The zero-order chi connectivity index (χ0) is 15.4. The van der Waals surface area contributed by atoms with Gasteiger partial charge in [0.05, 0.1) is 24.0 Å². The first kappa shape index (κ1) is 15.3. The number of rotatable bonds is 4. The predicted molar refractivity (Wildman–Crippen MR) is 80.0 cm³/mol. The van der Waals surface area contributed by atoms with Crippen LogP contribution in [0.15, 0.2) is 36.5 Å². The third-order valence-electron chi connectivity index (χ3n) is 2.54. The summed E-state index contributed by atoms with van der Waals surface area (Å²) < 4.78 is 0. The normalized spacial score (nSPS) is 10.2. The number of aromatic nitrogens is 1. The molecule has 0 bridgehead atoms. The predicted octanol–water partition coefficient (Wildman–Crippen LogP) is 3.27. The molecule has 0 spiro atoms. The molecule has 2 N–H and O–H groups in total. The number of hydrogen-bond acceptors (Lipinski definition) is 3. The monoisotopic (exact) mass is 324 g/mol. The van der Waals surface area contributed by atoms with E-state index < -0.39 is 5.97 Å². The van der Waals surface area contributed by atoms with E-state index in [2.05, 4.69) is 10.3 Å². The number of carbonyl (C=O) groups is 2. The molecule has 5 nitrogen and oxygen atoms in total. The van der Waals surface area contributed by atoms with Crippen LogP contribution in [0, 0.1) is 0 Å². The number of carbonyl (C=O) groups excluding carboxylic acids is 1. The number of amides is 1. The smallest absolute Gasteiger partial charge is 0.309 e. The highest BCUT2D eigenvalue weighted by Gasteiger charge is 2.09. The fraction of sp³-hybridized carbons (Fsp3) is 0.0714. The molecule has 0 saturated heterocycles. The average molecular weight is 325 g/mol. The van der Waals surface area contributed by atoms with Gasteiger partial charge in [-0.3, -0.25) is 14.6 Å². The SMILES string of the molecule is O=C(O)Cc1ccc(NC(=O)c2cc(Cl)cc(Cl)c2)cn1. The van der Waals surface area contributed by atoms with Crippen molar-refractivity contribution in [2.45, 2.75) is 6.42 Å². The highest BCUT2D eigenvalue weighted by atomic mass is 35.5. The largest absolute Gasteiger partial charge is 0.481 e. The van der Waals surface area contributed by atoms with Gasteiger partial charge >= 0.3 is 5.97 Å². The van der Waals surface area contributed by atoms with Crippen molar-refractivity contribution in [3.05, 3.63) is 57.8 Å². The van der Waals surface area contributed by atoms with Crippen LogP contribution < -0.4 is 5.32 Å². The van der Waals surface area contributed by atoms with E-state index in [-0.39, 0.29) is 12.3 Å². The Balaban J connectivity index is 2.10. The van der Waals surface area contributed by atoms with Crippen molar-refractivity contribution in [3.63, 3.8) is 0 Å². The summed E-state index contributed by atoms with van der Waals surface area (Å²) in [6.45, 7) is 0. The van der Waals surface area contributed by atoms with Crippen LogP contribution >= 0.6 is 23.2 Å². The Morgan fingerprint density at radius 2 is 1.81 bits per heavy atom.